The van der Waals surface area contributed by atoms with Crippen LogP contribution >= 0.6 is 15.9 Å². The smallest absolute Gasteiger partial charge is 0.255 e. The van der Waals surface area contributed by atoms with Crippen molar-refractivity contribution in [2.24, 2.45) is 0 Å². The standard InChI is InChI=1S/C14H8BrFN2O/c15-11-4-2-10(3-5-11)14(19)18-13-6-1-9(8-17)7-12(13)16/h1-7H,(H,18,19). The number of halogens is 2. The SMILES string of the molecule is N#Cc1ccc(NC(=O)c2ccc(Br)cc2)c(F)c1. The first-order valence-electron chi connectivity index (χ1n) is 5.37. The Hall–Kier alpha value is -2.19. The Morgan fingerprint density at radius 2 is 1.89 bits per heavy atom. The number of nitriles is 1. The molecule has 0 fully saturated rings. The molecule has 0 atom stereocenters. The minimum Gasteiger partial charge on any atom is -0.319 e. The van der Waals surface area contributed by atoms with Crippen molar-refractivity contribution in [3.05, 3.63) is 63.9 Å². The molecule has 2 aromatic carbocycles. The molecule has 0 aliphatic carbocycles. The summed E-state index contributed by atoms with van der Waals surface area (Å²) in [6.45, 7) is 0. The average Bonchev–Trinajstić information content (AvgIpc) is 2.41. The number of hydrogen-bond donors (Lipinski definition) is 1. The molecule has 2 aromatic rings. The molecule has 1 amide bonds. The van der Waals surface area contributed by atoms with E-state index in [0.717, 1.165) is 10.5 Å². The molecule has 2 rings (SSSR count). The van der Waals surface area contributed by atoms with Crippen LogP contribution < -0.4 is 5.32 Å². The van der Waals surface area contributed by atoms with Crippen molar-refractivity contribution in [2.45, 2.75) is 0 Å². The van der Waals surface area contributed by atoms with Crippen LogP contribution in [-0.2, 0) is 0 Å². The number of anilines is 1. The van der Waals surface area contributed by atoms with Gasteiger partial charge in [-0.05, 0) is 42.5 Å². The number of hydrogen-bond acceptors (Lipinski definition) is 2. The van der Waals surface area contributed by atoms with Crippen molar-refractivity contribution in [1.29, 1.82) is 5.26 Å². The summed E-state index contributed by atoms with van der Waals surface area (Å²) in [5.74, 6) is -1.04. The summed E-state index contributed by atoms with van der Waals surface area (Å²) in [7, 11) is 0. The van der Waals surface area contributed by atoms with E-state index in [4.69, 9.17) is 5.26 Å². The fourth-order valence-electron chi connectivity index (χ4n) is 1.48. The van der Waals surface area contributed by atoms with Gasteiger partial charge in [-0.1, -0.05) is 15.9 Å². The number of rotatable bonds is 2. The van der Waals surface area contributed by atoms with E-state index in [0.29, 0.717) is 5.56 Å². The molecule has 0 aliphatic heterocycles. The minimum absolute atomic E-state index is 0.0481. The number of carbonyl (C=O) groups is 1. The molecule has 1 N–H and O–H groups in total. The first-order chi connectivity index (χ1) is 9.10. The highest BCUT2D eigenvalue weighted by Crippen LogP contribution is 2.17. The van der Waals surface area contributed by atoms with E-state index < -0.39 is 11.7 Å². The van der Waals surface area contributed by atoms with Gasteiger partial charge in [-0.15, -0.1) is 0 Å². The van der Waals surface area contributed by atoms with Gasteiger partial charge in [0.05, 0.1) is 17.3 Å². The third-order valence-electron chi connectivity index (χ3n) is 2.45. The molecular weight excluding hydrogens is 311 g/mol. The number of amides is 1. The molecular formula is C14H8BrFN2O. The number of benzene rings is 2. The van der Waals surface area contributed by atoms with Gasteiger partial charge in [0.1, 0.15) is 5.82 Å². The van der Waals surface area contributed by atoms with Crippen molar-refractivity contribution >= 4 is 27.5 Å². The minimum atomic E-state index is -0.635. The van der Waals surface area contributed by atoms with Gasteiger partial charge in [0.25, 0.3) is 5.91 Å². The number of carbonyl (C=O) groups excluding carboxylic acids is 1. The van der Waals surface area contributed by atoms with Crippen LogP contribution in [0.2, 0.25) is 0 Å². The third-order valence-corrected chi connectivity index (χ3v) is 2.98. The Balaban J connectivity index is 2.20. The van der Waals surface area contributed by atoms with Gasteiger partial charge >= 0.3 is 0 Å². The van der Waals surface area contributed by atoms with Gasteiger partial charge in [-0.2, -0.15) is 5.26 Å². The summed E-state index contributed by atoms with van der Waals surface area (Å²) in [6.07, 6.45) is 0. The normalized spacial score (nSPS) is 9.74. The first-order valence-corrected chi connectivity index (χ1v) is 6.16. The monoisotopic (exact) mass is 318 g/mol. The highest BCUT2D eigenvalue weighted by Gasteiger charge is 2.09. The molecule has 0 bridgehead atoms. The zero-order valence-electron chi connectivity index (χ0n) is 9.65. The van der Waals surface area contributed by atoms with Crippen molar-refractivity contribution in [3.63, 3.8) is 0 Å². The molecule has 5 heteroatoms. The fraction of sp³-hybridized carbons (Fsp3) is 0. The molecule has 0 heterocycles. The molecule has 0 aliphatic rings. The lowest BCUT2D eigenvalue weighted by molar-refractivity contribution is 0.102. The molecule has 0 aromatic heterocycles. The van der Waals surface area contributed by atoms with Gasteiger partial charge in [0.2, 0.25) is 0 Å². The van der Waals surface area contributed by atoms with Crippen LogP contribution in [0.3, 0.4) is 0 Å². The maximum Gasteiger partial charge on any atom is 0.255 e. The molecule has 0 saturated carbocycles. The van der Waals surface area contributed by atoms with Gasteiger partial charge in [0, 0.05) is 10.0 Å². The predicted molar refractivity (Wildman–Crippen MR) is 73.2 cm³/mol. The van der Waals surface area contributed by atoms with Crippen molar-refractivity contribution in [2.75, 3.05) is 5.32 Å². The van der Waals surface area contributed by atoms with E-state index in [-0.39, 0.29) is 11.3 Å². The van der Waals surface area contributed by atoms with Crippen LogP contribution in [0.15, 0.2) is 46.9 Å². The molecule has 0 radical (unpaired) electrons. The van der Waals surface area contributed by atoms with Crippen LogP contribution in [0.25, 0.3) is 0 Å². The molecule has 0 unspecified atom stereocenters. The van der Waals surface area contributed by atoms with Crippen molar-refractivity contribution < 1.29 is 9.18 Å². The molecule has 3 nitrogen and oxygen atoms in total. The summed E-state index contributed by atoms with van der Waals surface area (Å²) in [5, 5.41) is 11.1. The maximum atomic E-state index is 13.6. The van der Waals surface area contributed by atoms with Gasteiger partial charge in [-0.3, -0.25) is 4.79 Å². The second kappa shape index (κ2) is 5.63. The summed E-state index contributed by atoms with van der Waals surface area (Å²) in [6, 6.07) is 12.4. The lowest BCUT2D eigenvalue weighted by Crippen LogP contribution is -2.12. The van der Waals surface area contributed by atoms with E-state index in [1.807, 2.05) is 6.07 Å². The lowest BCUT2D eigenvalue weighted by atomic mass is 10.2. The highest BCUT2D eigenvalue weighted by molar-refractivity contribution is 9.10. The van der Waals surface area contributed by atoms with Crippen molar-refractivity contribution in [3.8, 4) is 6.07 Å². The Morgan fingerprint density at radius 1 is 1.21 bits per heavy atom. The Labute approximate surface area is 117 Å². The van der Waals surface area contributed by atoms with E-state index >= 15 is 0 Å². The highest BCUT2D eigenvalue weighted by atomic mass is 79.9. The van der Waals surface area contributed by atoms with Gasteiger partial charge < -0.3 is 5.32 Å². The lowest BCUT2D eigenvalue weighted by Gasteiger charge is -2.06. The Kier molecular flexibility index (Phi) is 3.93. The summed E-state index contributed by atoms with van der Waals surface area (Å²) in [5.41, 5.74) is 0.679. The van der Waals surface area contributed by atoms with Gasteiger partial charge in [0.15, 0.2) is 0 Å². The zero-order chi connectivity index (χ0) is 13.8. The van der Waals surface area contributed by atoms with E-state index in [2.05, 4.69) is 21.2 Å². The second-order valence-corrected chi connectivity index (χ2v) is 4.68. The number of nitrogens with zero attached hydrogens (tertiary/aromatic N) is 1. The molecule has 0 spiro atoms. The topological polar surface area (TPSA) is 52.9 Å². The largest absolute Gasteiger partial charge is 0.319 e. The van der Waals surface area contributed by atoms with Crippen LogP contribution in [0.1, 0.15) is 15.9 Å². The van der Waals surface area contributed by atoms with Crippen LogP contribution in [0.4, 0.5) is 10.1 Å². The molecule has 0 saturated heterocycles. The Bertz CT molecular complexity index is 662. The zero-order valence-corrected chi connectivity index (χ0v) is 11.2. The average molecular weight is 319 g/mol. The van der Waals surface area contributed by atoms with Crippen LogP contribution in [0.5, 0.6) is 0 Å². The van der Waals surface area contributed by atoms with Crippen LogP contribution in [0, 0.1) is 17.1 Å². The number of nitrogens with one attached hydrogen (secondary N) is 1. The molecule has 94 valence electrons. The predicted octanol–water partition coefficient (Wildman–Crippen LogP) is 3.71. The van der Waals surface area contributed by atoms with E-state index in [1.54, 1.807) is 24.3 Å². The molecule has 19 heavy (non-hydrogen) atoms. The van der Waals surface area contributed by atoms with Crippen molar-refractivity contribution in [1.82, 2.24) is 0 Å². The first kappa shape index (κ1) is 13.2. The summed E-state index contributed by atoms with van der Waals surface area (Å²) >= 11 is 3.27. The summed E-state index contributed by atoms with van der Waals surface area (Å²) < 4.78 is 14.5. The van der Waals surface area contributed by atoms with E-state index in [1.165, 1.54) is 12.1 Å². The quantitative estimate of drug-likeness (QED) is 0.917. The maximum absolute atomic E-state index is 13.6. The third kappa shape index (κ3) is 3.18. The summed E-state index contributed by atoms with van der Waals surface area (Å²) in [4.78, 5) is 11.9. The Morgan fingerprint density at radius 3 is 2.47 bits per heavy atom. The van der Waals surface area contributed by atoms with Gasteiger partial charge in [-0.25, -0.2) is 4.39 Å². The van der Waals surface area contributed by atoms with Crippen LogP contribution in [-0.4, -0.2) is 5.91 Å². The second-order valence-electron chi connectivity index (χ2n) is 3.77. The van der Waals surface area contributed by atoms with E-state index in [9.17, 15) is 9.18 Å². The fourth-order valence-corrected chi connectivity index (χ4v) is 1.75.